The molecule has 41 heavy (non-hydrogen) atoms. The Morgan fingerprint density at radius 2 is 1.68 bits per heavy atom. The molecule has 0 bridgehead atoms. The number of hydrogen-bond donors (Lipinski definition) is 3. The summed E-state index contributed by atoms with van der Waals surface area (Å²) in [5.41, 5.74) is 3.14. The van der Waals surface area contributed by atoms with Crippen molar-refractivity contribution in [1.29, 1.82) is 0 Å². The largest absolute Gasteiger partial charge is 0.387 e. The van der Waals surface area contributed by atoms with Crippen LogP contribution >= 0.6 is 11.5 Å². The number of benzene rings is 2. The van der Waals surface area contributed by atoms with E-state index in [1.54, 1.807) is 54.9 Å². The minimum Gasteiger partial charge on any atom is -0.387 e. The van der Waals surface area contributed by atoms with Crippen LogP contribution in [0.15, 0.2) is 78.0 Å². The Balaban J connectivity index is 1.23. The number of nitrogens with one attached hydrogen (secondary N) is 2. The van der Waals surface area contributed by atoms with Crippen LogP contribution in [0.3, 0.4) is 0 Å². The number of rotatable bonds is 17. The smallest absolute Gasteiger partial charge is 0.261 e. The van der Waals surface area contributed by atoms with Gasteiger partial charge in [0.2, 0.25) is 0 Å². The number of sulfonamides is 1. The summed E-state index contributed by atoms with van der Waals surface area (Å²) in [4.78, 5) is 8.87. The molecular weight excluding hydrogens is 555 g/mol. The molecule has 0 radical (unpaired) electrons. The fourth-order valence-corrected chi connectivity index (χ4v) is 6.19. The number of anilines is 1. The van der Waals surface area contributed by atoms with Crippen LogP contribution in [0.25, 0.3) is 11.4 Å². The first kappa shape index (κ1) is 30.8. The molecule has 0 amide bonds. The first-order valence-corrected chi connectivity index (χ1v) is 16.5. The summed E-state index contributed by atoms with van der Waals surface area (Å²) in [7, 11) is -3.73. The Labute approximate surface area is 247 Å². The lowest BCUT2D eigenvalue weighted by atomic mass is 10.1. The van der Waals surface area contributed by atoms with Crippen molar-refractivity contribution in [3.05, 3.63) is 89.2 Å². The van der Waals surface area contributed by atoms with Gasteiger partial charge in [-0.05, 0) is 78.9 Å². The lowest BCUT2D eigenvalue weighted by molar-refractivity contribution is 0.174. The molecule has 1 atom stereocenters. The van der Waals surface area contributed by atoms with Crippen LogP contribution < -0.4 is 10.0 Å². The number of aryl methyl sites for hydroxylation is 1. The van der Waals surface area contributed by atoms with Crippen molar-refractivity contribution in [2.45, 2.75) is 69.3 Å². The van der Waals surface area contributed by atoms with Gasteiger partial charge >= 0.3 is 0 Å². The number of hydrogen-bond acceptors (Lipinski definition) is 8. The Morgan fingerprint density at radius 3 is 2.41 bits per heavy atom. The molecule has 0 aliphatic carbocycles. The number of aromatic nitrogens is 3. The highest BCUT2D eigenvalue weighted by molar-refractivity contribution is 7.92. The van der Waals surface area contributed by atoms with Crippen LogP contribution in [0.2, 0.25) is 0 Å². The van der Waals surface area contributed by atoms with Gasteiger partial charge < -0.3 is 10.4 Å². The van der Waals surface area contributed by atoms with E-state index in [-0.39, 0.29) is 4.90 Å². The molecule has 10 heteroatoms. The van der Waals surface area contributed by atoms with E-state index < -0.39 is 16.1 Å². The van der Waals surface area contributed by atoms with E-state index in [2.05, 4.69) is 31.3 Å². The Morgan fingerprint density at radius 1 is 0.927 bits per heavy atom. The highest BCUT2D eigenvalue weighted by Gasteiger charge is 2.15. The molecule has 0 aliphatic heterocycles. The highest BCUT2D eigenvalue weighted by atomic mass is 32.2. The second-order valence-corrected chi connectivity index (χ2v) is 12.6. The molecule has 0 spiro atoms. The number of aliphatic hydroxyl groups excluding tert-OH is 1. The van der Waals surface area contributed by atoms with Crippen LogP contribution in [-0.2, 0) is 22.9 Å². The van der Waals surface area contributed by atoms with Crippen LogP contribution in [-0.4, -0.2) is 41.0 Å². The van der Waals surface area contributed by atoms with Crippen molar-refractivity contribution in [2.24, 2.45) is 0 Å². The molecule has 4 rings (SSSR count). The van der Waals surface area contributed by atoms with Gasteiger partial charge in [-0.2, -0.15) is 4.37 Å². The predicted molar refractivity (Wildman–Crippen MR) is 165 cm³/mol. The minimum atomic E-state index is -3.73. The summed E-state index contributed by atoms with van der Waals surface area (Å²) in [5, 5.41) is 14.5. The molecule has 4 aromatic rings. The van der Waals surface area contributed by atoms with Gasteiger partial charge in [0.05, 0.1) is 11.0 Å². The molecule has 0 fully saturated rings. The normalized spacial score (nSPS) is 12.3. The SMILES string of the molecule is CCCCCCCCc1nc(-c2ccc(S(=O)(=O)Nc3ccc(CCNCC(O)c4cccnc4)cc3)cc2)ns1. The third-order valence-electron chi connectivity index (χ3n) is 6.84. The second-order valence-electron chi connectivity index (χ2n) is 10.1. The van der Waals surface area contributed by atoms with Gasteiger partial charge in [-0.15, -0.1) is 0 Å². The van der Waals surface area contributed by atoms with Crippen molar-refractivity contribution in [3.8, 4) is 11.4 Å². The number of pyridine rings is 1. The summed E-state index contributed by atoms with van der Waals surface area (Å²) >= 11 is 1.42. The molecule has 0 saturated carbocycles. The van der Waals surface area contributed by atoms with Gasteiger partial charge in [0.25, 0.3) is 10.0 Å². The summed E-state index contributed by atoms with van der Waals surface area (Å²) < 4.78 is 33.1. The summed E-state index contributed by atoms with van der Waals surface area (Å²) in [6.45, 7) is 3.34. The molecule has 0 aliphatic rings. The highest BCUT2D eigenvalue weighted by Crippen LogP contribution is 2.23. The molecular formula is C31H39N5O3S2. The van der Waals surface area contributed by atoms with E-state index in [0.717, 1.165) is 41.0 Å². The Kier molecular flexibility index (Phi) is 11.8. The van der Waals surface area contributed by atoms with Gasteiger partial charge in [0, 0.05) is 42.2 Å². The van der Waals surface area contributed by atoms with Crippen molar-refractivity contribution in [3.63, 3.8) is 0 Å². The third-order valence-corrected chi connectivity index (χ3v) is 9.01. The number of unbranched alkanes of at least 4 members (excludes halogenated alkanes) is 5. The summed E-state index contributed by atoms with van der Waals surface area (Å²) in [5.74, 6) is 0.643. The molecule has 0 saturated heterocycles. The summed E-state index contributed by atoms with van der Waals surface area (Å²) in [6.07, 6.45) is 11.9. The van der Waals surface area contributed by atoms with E-state index in [4.69, 9.17) is 0 Å². The zero-order valence-corrected chi connectivity index (χ0v) is 25.1. The van der Waals surface area contributed by atoms with Gasteiger partial charge in [-0.3, -0.25) is 9.71 Å². The molecule has 2 heterocycles. The fourth-order valence-electron chi connectivity index (χ4n) is 4.43. The molecule has 3 N–H and O–H groups in total. The maximum atomic E-state index is 13.0. The maximum Gasteiger partial charge on any atom is 0.261 e. The lowest BCUT2D eigenvalue weighted by Gasteiger charge is -2.12. The second kappa shape index (κ2) is 15.7. The lowest BCUT2D eigenvalue weighted by Crippen LogP contribution is -2.23. The first-order chi connectivity index (χ1) is 19.9. The van der Waals surface area contributed by atoms with E-state index in [0.29, 0.717) is 24.6 Å². The van der Waals surface area contributed by atoms with E-state index in [1.807, 2.05) is 18.2 Å². The number of nitrogens with zero attached hydrogens (tertiary/aromatic N) is 3. The van der Waals surface area contributed by atoms with E-state index >= 15 is 0 Å². The monoisotopic (exact) mass is 593 g/mol. The molecule has 8 nitrogen and oxygen atoms in total. The standard InChI is InChI=1S/C31H39N5O3S2/c1-2-3-4-5-6-7-10-30-34-31(35-40-30)25-13-17-28(18-14-25)41(38,39)36-27-15-11-24(12-16-27)19-21-33-23-29(37)26-9-8-20-32-22-26/h8-9,11-18,20,22,29,33,36-37H,2-7,10,19,21,23H2,1H3. The quantitative estimate of drug-likeness (QED) is 0.125. The molecule has 218 valence electrons. The van der Waals surface area contributed by atoms with Crippen molar-refractivity contribution in [1.82, 2.24) is 19.7 Å². The van der Waals surface area contributed by atoms with Gasteiger partial charge in [0.15, 0.2) is 5.82 Å². The van der Waals surface area contributed by atoms with Gasteiger partial charge in [-0.25, -0.2) is 13.4 Å². The zero-order valence-electron chi connectivity index (χ0n) is 23.5. The summed E-state index contributed by atoms with van der Waals surface area (Å²) in [6, 6.07) is 17.7. The minimum absolute atomic E-state index is 0.184. The van der Waals surface area contributed by atoms with E-state index in [9.17, 15) is 13.5 Å². The van der Waals surface area contributed by atoms with Crippen LogP contribution in [0.4, 0.5) is 5.69 Å². The third kappa shape index (κ3) is 9.71. The molecule has 1 unspecified atom stereocenters. The maximum absolute atomic E-state index is 13.0. The van der Waals surface area contributed by atoms with Crippen LogP contribution in [0.5, 0.6) is 0 Å². The Hall–Kier alpha value is -3.18. The fraction of sp³-hybridized carbons (Fsp3) is 0.387. The zero-order chi connectivity index (χ0) is 28.9. The number of aliphatic hydroxyl groups is 1. The van der Waals surface area contributed by atoms with Crippen molar-refractivity contribution >= 4 is 27.2 Å². The average Bonchev–Trinajstić information content (AvgIpc) is 3.47. The first-order valence-electron chi connectivity index (χ1n) is 14.3. The van der Waals surface area contributed by atoms with Crippen molar-refractivity contribution < 1.29 is 13.5 Å². The Bertz CT molecular complexity index is 1430. The predicted octanol–water partition coefficient (Wildman–Crippen LogP) is 6.17. The van der Waals surface area contributed by atoms with Crippen LogP contribution in [0, 0.1) is 0 Å². The van der Waals surface area contributed by atoms with Gasteiger partial charge in [-0.1, -0.05) is 57.2 Å². The van der Waals surface area contributed by atoms with Gasteiger partial charge in [0.1, 0.15) is 5.01 Å². The van der Waals surface area contributed by atoms with Crippen LogP contribution in [0.1, 0.15) is 67.7 Å². The van der Waals surface area contributed by atoms with E-state index in [1.165, 1.54) is 43.6 Å². The van der Waals surface area contributed by atoms with Crippen molar-refractivity contribution in [2.75, 3.05) is 17.8 Å². The average molecular weight is 594 g/mol. The topological polar surface area (TPSA) is 117 Å². The molecule has 2 aromatic heterocycles. The molecule has 2 aromatic carbocycles.